The Bertz CT molecular complexity index is 148. The van der Waals surface area contributed by atoms with Crippen LogP contribution in [0.5, 0.6) is 0 Å². The van der Waals surface area contributed by atoms with Gasteiger partial charge < -0.3 is 21.7 Å². The first-order valence-electron chi connectivity index (χ1n) is 6.24. The van der Waals surface area contributed by atoms with E-state index >= 15 is 0 Å². The molecule has 0 atom stereocenters. The number of hydrogen-bond donors (Lipinski definition) is 5. The van der Waals surface area contributed by atoms with Crippen molar-refractivity contribution in [3.63, 3.8) is 0 Å². The Kier molecular flexibility index (Phi) is 8.60. The lowest BCUT2D eigenvalue weighted by Gasteiger charge is -2.27. The Morgan fingerprint density at radius 2 is 1.56 bits per heavy atom. The van der Waals surface area contributed by atoms with Gasteiger partial charge in [0.2, 0.25) is 0 Å². The van der Waals surface area contributed by atoms with E-state index in [4.69, 9.17) is 5.73 Å². The van der Waals surface area contributed by atoms with Crippen LogP contribution in [0.1, 0.15) is 0 Å². The largest absolute Gasteiger partial charge is 0.329 e. The molecule has 6 nitrogen and oxygen atoms in total. The van der Waals surface area contributed by atoms with Crippen LogP contribution in [0.2, 0.25) is 0 Å². The van der Waals surface area contributed by atoms with E-state index in [0.29, 0.717) is 6.54 Å². The van der Waals surface area contributed by atoms with Gasteiger partial charge in [-0.05, 0) is 0 Å². The highest BCUT2D eigenvalue weighted by atomic mass is 15.5. The molecule has 6 heteroatoms. The van der Waals surface area contributed by atoms with Gasteiger partial charge in [-0.15, -0.1) is 0 Å². The molecule has 0 aromatic carbocycles. The number of hydrogen-bond acceptors (Lipinski definition) is 6. The van der Waals surface area contributed by atoms with Gasteiger partial charge in [0.05, 0.1) is 0 Å². The monoisotopic (exact) mass is 230 g/mol. The quantitative estimate of drug-likeness (QED) is 0.283. The van der Waals surface area contributed by atoms with Crippen molar-refractivity contribution >= 4 is 0 Å². The van der Waals surface area contributed by atoms with Crippen molar-refractivity contribution in [2.75, 3.05) is 65.4 Å². The highest BCUT2D eigenvalue weighted by molar-refractivity contribution is 4.64. The lowest BCUT2D eigenvalue weighted by atomic mass is 10.4. The molecular weight excluding hydrogens is 204 g/mol. The Morgan fingerprint density at radius 3 is 2.25 bits per heavy atom. The first-order chi connectivity index (χ1) is 7.93. The van der Waals surface area contributed by atoms with Gasteiger partial charge in [0, 0.05) is 65.4 Å². The summed E-state index contributed by atoms with van der Waals surface area (Å²) < 4.78 is 0. The van der Waals surface area contributed by atoms with Crippen LogP contribution in [-0.4, -0.2) is 70.5 Å². The highest BCUT2D eigenvalue weighted by Gasteiger charge is 2.07. The van der Waals surface area contributed by atoms with Crippen LogP contribution in [0.3, 0.4) is 0 Å². The predicted molar refractivity (Wildman–Crippen MR) is 67.2 cm³/mol. The number of piperazine rings is 1. The molecule has 1 aliphatic heterocycles. The molecule has 6 N–H and O–H groups in total. The average molecular weight is 230 g/mol. The molecule has 1 rings (SSSR count). The summed E-state index contributed by atoms with van der Waals surface area (Å²) in [6.07, 6.45) is 0. The smallest absolute Gasteiger partial charge is 0.0256 e. The van der Waals surface area contributed by atoms with Crippen molar-refractivity contribution in [2.45, 2.75) is 0 Å². The average Bonchev–Trinajstić information content (AvgIpc) is 2.34. The van der Waals surface area contributed by atoms with Crippen LogP contribution in [0.4, 0.5) is 0 Å². The summed E-state index contributed by atoms with van der Waals surface area (Å²) in [7, 11) is 0. The lowest BCUT2D eigenvalue weighted by Crippen LogP contribution is -2.51. The first kappa shape index (κ1) is 13.8. The molecule has 1 aliphatic rings. The molecule has 16 heavy (non-hydrogen) atoms. The van der Waals surface area contributed by atoms with Crippen molar-refractivity contribution in [2.24, 2.45) is 5.73 Å². The summed E-state index contributed by atoms with van der Waals surface area (Å²) >= 11 is 0. The topological polar surface area (TPSA) is 77.4 Å². The maximum atomic E-state index is 5.37. The first-order valence-corrected chi connectivity index (χ1v) is 6.24. The molecule has 0 aromatic rings. The van der Waals surface area contributed by atoms with Crippen LogP contribution >= 0.6 is 0 Å². The summed E-state index contributed by atoms with van der Waals surface area (Å²) in [4.78, 5) is 0. The minimum Gasteiger partial charge on any atom is -0.329 e. The van der Waals surface area contributed by atoms with E-state index in [1.54, 1.807) is 0 Å². The molecule has 1 heterocycles. The second-order valence-electron chi connectivity index (χ2n) is 3.93. The molecule has 0 radical (unpaired) electrons. The zero-order chi connectivity index (χ0) is 11.5. The second-order valence-corrected chi connectivity index (χ2v) is 3.93. The van der Waals surface area contributed by atoms with E-state index < -0.39 is 0 Å². The molecule has 0 aromatic heterocycles. The van der Waals surface area contributed by atoms with E-state index in [1.807, 2.05) is 0 Å². The molecule has 0 aliphatic carbocycles. The number of nitrogens with two attached hydrogens (primary N) is 1. The Balaban J connectivity index is 1.77. The van der Waals surface area contributed by atoms with E-state index in [-0.39, 0.29) is 0 Å². The van der Waals surface area contributed by atoms with Gasteiger partial charge in [0.25, 0.3) is 0 Å². The standard InChI is InChI=1S/C10H26N6/c11-1-2-12-3-4-13-5-6-15-16-9-7-14-8-10-16/h12-15H,1-11H2. The van der Waals surface area contributed by atoms with Crippen molar-refractivity contribution < 1.29 is 0 Å². The lowest BCUT2D eigenvalue weighted by molar-refractivity contribution is 0.165. The number of rotatable bonds is 9. The van der Waals surface area contributed by atoms with Crippen molar-refractivity contribution in [3.05, 3.63) is 0 Å². The van der Waals surface area contributed by atoms with E-state index in [1.165, 1.54) is 0 Å². The maximum Gasteiger partial charge on any atom is 0.0256 e. The van der Waals surface area contributed by atoms with Crippen molar-refractivity contribution in [1.29, 1.82) is 0 Å². The van der Waals surface area contributed by atoms with Gasteiger partial charge >= 0.3 is 0 Å². The number of nitrogens with zero attached hydrogens (tertiary/aromatic N) is 1. The van der Waals surface area contributed by atoms with Gasteiger partial charge in [-0.3, -0.25) is 5.43 Å². The van der Waals surface area contributed by atoms with E-state index in [9.17, 15) is 0 Å². The molecule has 96 valence electrons. The molecule has 1 fully saturated rings. The second kappa shape index (κ2) is 9.95. The summed E-state index contributed by atoms with van der Waals surface area (Å²) in [5, 5.41) is 12.2. The maximum absolute atomic E-state index is 5.37. The third-order valence-electron chi connectivity index (χ3n) is 2.55. The molecule has 0 unspecified atom stereocenters. The summed E-state index contributed by atoms with van der Waals surface area (Å²) in [5.41, 5.74) is 8.78. The summed E-state index contributed by atoms with van der Waals surface area (Å²) in [6, 6.07) is 0. The third-order valence-corrected chi connectivity index (χ3v) is 2.55. The SMILES string of the molecule is NCCNCCNCCNN1CCNCC1. The zero-order valence-electron chi connectivity index (χ0n) is 10.1. The summed E-state index contributed by atoms with van der Waals surface area (Å²) in [6.45, 7) is 9.98. The fourth-order valence-electron chi connectivity index (χ4n) is 1.65. The Hall–Kier alpha value is -0.240. The van der Waals surface area contributed by atoms with Gasteiger partial charge in [-0.2, -0.15) is 0 Å². The van der Waals surface area contributed by atoms with Gasteiger partial charge in [-0.25, -0.2) is 5.01 Å². The van der Waals surface area contributed by atoms with E-state index in [0.717, 1.165) is 58.9 Å². The van der Waals surface area contributed by atoms with Crippen LogP contribution in [0.15, 0.2) is 0 Å². The van der Waals surface area contributed by atoms with Crippen LogP contribution in [0.25, 0.3) is 0 Å². The Morgan fingerprint density at radius 1 is 0.938 bits per heavy atom. The van der Waals surface area contributed by atoms with Gasteiger partial charge in [0.1, 0.15) is 0 Å². The normalized spacial score (nSPS) is 17.8. The van der Waals surface area contributed by atoms with Crippen molar-refractivity contribution in [3.8, 4) is 0 Å². The fourth-order valence-corrected chi connectivity index (χ4v) is 1.65. The third kappa shape index (κ3) is 7.10. The Labute approximate surface area is 98.3 Å². The highest BCUT2D eigenvalue weighted by Crippen LogP contribution is 1.84. The number of nitrogens with one attached hydrogen (secondary N) is 4. The van der Waals surface area contributed by atoms with Crippen LogP contribution in [-0.2, 0) is 0 Å². The van der Waals surface area contributed by atoms with Crippen LogP contribution in [0, 0.1) is 0 Å². The minimum atomic E-state index is 0.713. The number of hydrazine groups is 1. The predicted octanol–water partition coefficient (Wildman–Crippen LogP) is -2.47. The zero-order valence-corrected chi connectivity index (χ0v) is 10.1. The molecule has 0 amide bonds. The molecule has 1 saturated heterocycles. The minimum absolute atomic E-state index is 0.713. The molecule has 0 saturated carbocycles. The van der Waals surface area contributed by atoms with Crippen LogP contribution < -0.4 is 27.1 Å². The van der Waals surface area contributed by atoms with E-state index in [2.05, 4.69) is 26.4 Å². The van der Waals surface area contributed by atoms with Crippen molar-refractivity contribution in [1.82, 2.24) is 26.4 Å². The molecule has 0 bridgehead atoms. The van der Waals surface area contributed by atoms with Gasteiger partial charge in [-0.1, -0.05) is 0 Å². The summed E-state index contributed by atoms with van der Waals surface area (Å²) in [5.74, 6) is 0. The van der Waals surface area contributed by atoms with Gasteiger partial charge in [0.15, 0.2) is 0 Å². The molecule has 0 spiro atoms. The molecular formula is C10H26N6. The fraction of sp³-hybridized carbons (Fsp3) is 1.00.